The van der Waals surface area contributed by atoms with E-state index < -0.39 is 0 Å². The second kappa shape index (κ2) is 5.41. The quantitative estimate of drug-likeness (QED) is 0.933. The van der Waals surface area contributed by atoms with Gasteiger partial charge in [0.2, 0.25) is 5.95 Å². The standard InChI is InChI=1S/C10H11Cl2N5O/c1-17-10(14-15-16-17)13-5-6-3-7(11)9(18-2)8(12)4-6/h3-4H,5H2,1-2H3,(H,13,14,16). The predicted molar refractivity (Wildman–Crippen MR) is 69.1 cm³/mol. The van der Waals surface area contributed by atoms with Gasteiger partial charge in [-0.2, -0.15) is 0 Å². The summed E-state index contributed by atoms with van der Waals surface area (Å²) in [6.45, 7) is 0.512. The van der Waals surface area contributed by atoms with Gasteiger partial charge in [-0.1, -0.05) is 28.3 Å². The molecule has 0 aliphatic carbocycles. The number of methoxy groups -OCH3 is 1. The van der Waals surface area contributed by atoms with Crippen molar-refractivity contribution in [3.8, 4) is 5.75 Å². The van der Waals surface area contributed by atoms with Gasteiger partial charge in [-0.25, -0.2) is 4.68 Å². The minimum atomic E-state index is 0.470. The number of nitrogens with one attached hydrogen (secondary N) is 1. The molecule has 18 heavy (non-hydrogen) atoms. The first-order chi connectivity index (χ1) is 8.61. The predicted octanol–water partition coefficient (Wildman–Crippen LogP) is 2.14. The average Bonchev–Trinajstić information content (AvgIpc) is 2.72. The van der Waals surface area contributed by atoms with Crippen molar-refractivity contribution in [3.63, 3.8) is 0 Å². The third kappa shape index (κ3) is 2.65. The molecule has 1 aromatic carbocycles. The van der Waals surface area contributed by atoms with Crippen LogP contribution >= 0.6 is 23.2 Å². The highest BCUT2D eigenvalue weighted by Crippen LogP contribution is 2.33. The number of halogens is 2. The first kappa shape index (κ1) is 12.9. The van der Waals surface area contributed by atoms with E-state index in [-0.39, 0.29) is 0 Å². The summed E-state index contributed by atoms with van der Waals surface area (Å²) >= 11 is 12.1. The van der Waals surface area contributed by atoms with Crippen molar-refractivity contribution >= 4 is 29.2 Å². The number of benzene rings is 1. The third-order valence-corrected chi connectivity index (χ3v) is 2.89. The number of ether oxygens (including phenoxy) is 1. The fraction of sp³-hybridized carbons (Fsp3) is 0.300. The van der Waals surface area contributed by atoms with Crippen LogP contribution < -0.4 is 10.1 Å². The number of tetrazole rings is 1. The number of rotatable bonds is 4. The van der Waals surface area contributed by atoms with Gasteiger partial charge in [-0.05, 0) is 28.1 Å². The van der Waals surface area contributed by atoms with Crippen molar-refractivity contribution in [2.45, 2.75) is 6.54 Å². The van der Waals surface area contributed by atoms with Crippen LogP contribution in [0.4, 0.5) is 5.95 Å². The molecule has 0 amide bonds. The molecule has 0 radical (unpaired) electrons. The summed E-state index contributed by atoms with van der Waals surface area (Å²) in [7, 11) is 3.27. The lowest BCUT2D eigenvalue weighted by atomic mass is 10.2. The van der Waals surface area contributed by atoms with Crippen LogP contribution in [-0.4, -0.2) is 27.3 Å². The molecule has 0 atom stereocenters. The van der Waals surface area contributed by atoms with Crippen molar-refractivity contribution in [2.75, 3.05) is 12.4 Å². The van der Waals surface area contributed by atoms with Gasteiger partial charge in [-0.15, -0.1) is 0 Å². The Morgan fingerprint density at radius 3 is 2.50 bits per heavy atom. The summed E-state index contributed by atoms with van der Waals surface area (Å²) in [5.74, 6) is 1.04. The molecular formula is C10H11Cl2N5O. The van der Waals surface area contributed by atoms with Crippen molar-refractivity contribution in [2.24, 2.45) is 7.05 Å². The Morgan fingerprint density at radius 1 is 1.33 bits per heavy atom. The van der Waals surface area contributed by atoms with Crippen molar-refractivity contribution < 1.29 is 4.74 Å². The molecule has 0 aliphatic rings. The highest BCUT2D eigenvalue weighted by atomic mass is 35.5. The molecule has 96 valence electrons. The van der Waals surface area contributed by atoms with E-state index in [1.807, 2.05) is 0 Å². The molecule has 0 aliphatic heterocycles. The van der Waals surface area contributed by atoms with Crippen LogP contribution in [-0.2, 0) is 13.6 Å². The summed E-state index contributed by atoms with van der Waals surface area (Å²) in [4.78, 5) is 0. The van der Waals surface area contributed by atoms with E-state index >= 15 is 0 Å². The smallest absolute Gasteiger partial charge is 0.242 e. The Balaban J connectivity index is 2.13. The second-order valence-corrected chi connectivity index (χ2v) is 4.39. The van der Waals surface area contributed by atoms with Crippen molar-refractivity contribution in [1.82, 2.24) is 20.2 Å². The first-order valence-electron chi connectivity index (χ1n) is 5.10. The Labute approximate surface area is 114 Å². The molecule has 8 heteroatoms. The fourth-order valence-corrected chi connectivity index (χ4v) is 2.16. The summed E-state index contributed by atoms with van der Waals surface area (Å²) < 4.78 is 6.61. The zero-order chi connectivity index (χ0) is 13.1. The molecule has 0 spiro atoms. The topological polar surface area (TPSA) is 64.9 Å². The van der Waals surface area contributed by atoms with Crippen LogP contribution in [0.15, 0.2) is 12.1 Å². The maximum absolute atomic E-state index is 6.04. The summed E-state index contributed by atoms with van der Waals surface area (Å²) in [5, 5.41) is 15.1. The lowest BCUT2D eigenvalue weighted by molar-refractivity contribution is 0.415. The van der Waals surface area contributed by atoms with Gasteiger partial charge >= 0.3 is 0 Å². The number of anilines is 1. The monoisotopic (exact) mass is 287 g/mol. The average molecular weight is 288 g/mol. The SMILES string of the molecule is COc1c(Cl)cc(CNc2nnnn2C)cc1Cl. The number of hydrogen-bond donors (Lipinski definition) is 1. The molecule has 2 aromatic rings. The second-order valence-electron chi connectivity index (χ2n) is 3.57. The van der Waals surface area contributed by atoms with E-state index in [1.165, 1.54) is 11.8 Å². The van der Waals surface area contributed by atoms with E-state index in [4.69, 9.17) is 27.9 Å². The Bertz CT molecular complexity index is 534. The van der Waals surface area contributed by atoms with Gasteiger partial charge in [-0.3, -0.25) is 0 Å². The molecule has 1 aromatic heterocycles. The van der Waals surface area contributed by atoms with E-state index in [0.29, 0.717) is 28.3 Å². The van der Waals surface area contributed by atoms with Crippen LogP contribution in [0.25, 0.3) is 0 Å². The molecule has 0 bridgehead atoms. The molecule has 1 heterocycles. The van der Waals surface area contributed by atoms with Gasteiger partial charge in [0.15, 0.2) is 5.75 Å². The molecule has 2 rings (SSSR count). The van der Waals surface area contributed by atoms with Crippen molar-refractivity contribution in [3.05, 3.63) is 27.7 Å². The highest BCUT2D eigenvalue weighted by molar-refractivity contribution is 6.37. The summed E-state index contributed by atoms with van der Waals surface area (Å²) in [5.41, 5.74) is 0.911. The normalized spacial score (nSPS) is 10.4. The van der Waals surface area contributed by atoms with Gasteiger partial charge in [0, 0.05) is 13.6 Å². The van der Waals surface area contributed by atoms with Gasteiger partial charge in [0.1, 0.15) is 0 Å². The summed E-state index contributed by atoms with van der Waals surface area (Å²) in [6.07, 6.45) is 0. The van der Waals surface area contributed by atoms with Gasteiger partial charge < -0.3 is 10.1 Å². The zero-order valence-corrected chi connectivity index (χ0v) is 11.3. The van der Waals surface area contributed by atoms with Crippen LogP contribution in [0.3, 0.4) is 0 Å². The van der Waals surface area contributed by atoms with Crippen LogP contribution in [0, 0.1) is 0 Å². The van der Waals surface area contributed by atoms with Crippen molar-refractivity contribution in [1.29, 1.82) is 0 Å². The van der Waals surface area contributed by atoms with Gasteiger partial charge in [0.25, 0.3) is 0 Å². The molecule has 1 N–H and O–H groups in total. The summed E-state index contributed by atoms with van der Waals surface area (Å²) in [6, 6.07) is 3.56. The molecule has 0 fully saturated rings. The molecule has 0 saturated carbocycles. The number of aryl methyl sites for hydroxylation is 1. The van der Waals surface area contributed by atoms with Crippen LogP contribution in [0.1, 0.15) is 5.56 Å². The first-order valence-corrected chi connectivity index (χ1v) is 5.85. The number of aromatic nitrogens is 4. The Hall–Kier alpha value is -1.53. The van der Waals surface area contributed by atoms with Gasteiger partial charge in [0.05, 0.1) is 17.2 Å². The van der Waals surface area contributed by atoms with Crippen LogP contribution in [0.2, 0.25) is 10.0 Å². The minimum Gasteiger partial charge on any atom is -0.494 e. The highest BCUT2D eigenvalue weighted by Gasteiger charge is 2.09. The Morgan fingerprint density at radius 2 is 2.00 bits per heavy atom. The van der Waals surface area contributed by atoms with E-state index in [1.54, 1.807) is 19.2 Å². The Kier molecular flexibility index (Phi) is 3.88. The molecule has 6 nitrogen and oxygen atoms in total. The third-order valence-electron chi connectivity index (χ3n) is 2.33. The fourth-order valence-electron chi connectivity index (χ4n) is 1.47. The lowest BCUT2D eigenvalue weighted by Crippen LogP contribution is -2.06. The molecule has 0 unspecified atom stereocenters. The zero-order valence-electron chi connectivity index (χ0n) is 9.81. The van der Waals surface area contributed by atoms with E-state index in [9.17, 15) is 0 Å². The number of hydrogen-bond acceptors (Lipinski definition) is 5. The van der Waals surface area contributed by atoms with E-state index in [0.717, 1.165) is 5.56 Å². The lowest BCUT2D eigenvalue weighted by Gasteiger charge is -2.09. The maximum Gasteiger partial charge on any atom is 0.242 e. The number of nitrogens with zero attached hydrogens (tertiary/aromatic N) is 4. The van der Waals surface area contributed by atoms with Crippen LogP contribution in [0.5, 0.6) is 5.75 Å². The molecular weight excluding hydrogens is 277 g/mol. The van der Waals surface area contributed by atoms with E-state index in [2.05, 4.69) is 20.8 Å². The maximum atomic E-state index is 6.04. The largest absolute Gasteiger partial charge is 0.494 e. The molecule has 0 saturated heterocycles. The minimum absolute atomic E-state index is 0.470.